The minimum absolute atomic E-state index is 0.531. The molecule has 0 aliphatic rings. The van der Waals surface area contributed by atoms with Crippen molar-refractivity contribution in [1.82, 2.24) is 19.9 Å². The van der Waals surface area contributed by atoms with Crippen molar-refractivity contribution >= 4 is 45.2 Å². The summed E-state index contributed by atoms with van der Waals surface area (Å²) in [6, 6.07) is 28.5. The van der Waals surface area contributed by atoms with Gasteiger partial charge in [0.2, 0.25) is 17.1 Å². The zero-order valence-corrected chi connectivity index (χ0v) is 18.7. The Morgan fingerprint density at radius 2 is 1.19 bits per heavy atom. The molecular weight excluding hydrogens is 436 g/mol. The monoisotopic (exact) mass is 456 g/mol. The lowest BCUT2D eigenvalue weighted by Crippen LogP contribution is -2.10. The van der Waals surface area contributed by atoms with Crippen molar-refractivity contribution in [2.75, 3.05) is 10.6 Å². The van der Waals surface area contributed by atoms with Crippen LogP contribution in [0.3, 0.4) is 0 Å². The predicted octanol–water partition coefficient (Wildman–Crippen LogP) is 5.86. The standard InChI is InChI=1S/C24H20N6S2/c1-3-9-17(10-4-1)15-25-21-28-22(26-16-18-11-5-2-6-12-18)30-23(29-21)32-24-27-19-13-7-8-14-20(19)31-24/h1-14H,15-16H2,(H2,25,26,28,29,30). The molecule has 0 spiro atoms. The van der Waals surface area contributed by atoms with Gasteiger partial charge in [0.25, 0.3) is 0 Å². The number of anilines is 2. The zero-order valence-electron chi connectivity index (χ0n) is 17.1. The molecule has 2 N–H and O–H groups in total. The van der Waals surface area contributed by atoms with Crippen molar-refractivity contribution < 1.29 is 0 Å². The molecule has 0 aliphatic carbocycles. The number of hydrogen-bond acceptors (Lipinski definition) is 8. The highest BCUT2D eigenvalue weighted by atomic mass is 32.2. The first-order chi connectivity index (χ1) is 15.8. The van der Waals surface area contributed by atoms with Gasteiger partial charge < -0.3 is 10.6 Å². The number of nitrogens with one attached hydrogen (secondary N) is 2. The van der Waals surface area contributed by atoms with Crippen LogP contribution in [0.25, 0.3) is 10.2 Å². The molecule has 8 heteroatoms. The Balaban J connectivity index is 1.38. The van der Waals surface area contributed by atoms with Crippen LogP contribution >= 0.6 is 23.1 Å². The second-order valence-corrected chi connectivity index (χ2v) is 9.24. The van der Waals surface area contributed by atoms with Crippen LogP contribution in [0.5, 0.6) is 0 Å². The van der Waals surface area contributed by atoms with Gasteiger partial charge in [-0.05, 0) is 35.0 Å². The molecule has 158 valence electrons. The average Bonchev–Trinajstić information content (AvgIpc) is 3.25. The second kappa shape index (κ2) is 9.76. The number of benzene rings is 3. The van der Waals surface area contributed by atoms with Gasteiger partial charge in [-0.3, -0.25) is 0 Å². The Morgan fingerprint density at radius 3 is 1.78 bits per heavy atom. The summed E-state index contributed by atoms with van der Waals surface area (Å²) in [4.78, 5) is 18.5. The third kappa shape index (κ3) is 5.22. The summed E-state index contributed by atoms with van der Waals surface area (Å²) in [7, 11) is 0. The van der Waals surface area contributed by atoms with E-state index in [1.54, 1.807) is 11.3 Å². The van der Waals surface area contributed by atoms with Gasteiger partial charge in [0, 0.05) is 13.1 Å². The Kier molecular flexibility index (Phi) is 6.23. The Morgan fingerprint density at radius 1 is 0.625 bits per heavy atom. The van der Waals surface area contributed by atoms with Crippen molar-refractivity contribution in [2.24, 2.45) is 0 Å². The Bertz CT molecular complexity index is 1210. The largest absolute Gasteiger partial charge is 0.350 e. The first-order valence-electron chi connectivity index (χ1n) is 10.2. The lowest BCUT2D eigenvalue weighted by Gasteiger charge is -2.10. The molecule has 0 radical (unpaired) electrons. The average molecular weight is 457 g/mol. The van der Waals surface area contributed by atoms with E-state index in [-0.39, 0.29) is 0 Å². The van der Waals surface area contributed by atoms with E-state index in [1.165, 1.54) is 11.8 Å². The predicted molar refractivity (Wildman–Crippen MR) is 131 cm³/mol. The van der Waals surface area contributed by atoms with Crippen LogP contribution in [0.15, 0.2) is 94.4 Å². The molecule has 5 rings (SSSR count). The molecule has 0 aliphatic heterocycles. The Hall–Kier alpha value is -3.49. The summed E-state index contributed by atoms with van der Waals surface area (Å²) in [6.45, 7) is 1.27. The van der Waals surface area contributed by atoms with Crippen molar-refractivity contribution in [3.63, 3.8) is 0 Å². The topological polar surface area (TPSA) is 75.6 Å². The van der Waals surface area contributed by atoms with Crippen LogP contribution in [0.1, 0.15) is 11.1 Å². The van der Waals surface area contributed by atoms with E-state index in [2.05, 4.69) is 55.9 Å². The van der Waals surface area contributed by atoms with E-state index in [4.69, 9.17) is 4.98 Å². The first-order valence-corrected chi connectivity index (χ1v) is 11.8. The Labute approximate surface area is 194 Å². The number of thiazole rings is 1. The van der Waals surface area contributed by atoms with Gasteiger partial charge in [0.05, 0.1) is 10.2 Å². The third-order valence-electron chi connectivity index (χ3n) is 4.65. The number of rotatable bonds is 8. The maximum Gasteiger partial charge on any atom is 0.228 e. The van der Waals surface area contributed by atoms with E-state index >= 15 is 0 Å². The fourth-order valence-electron chi connectivity index (χ4n) is 3.09. The summed E-state index contributed by atoms with van der Waals surface area (Å²) >= 11 is 3.09. The van der Waals surface area contributed by atoms with E-state index < -0.39 is 0 Å². The molecule has 0 saturated heterocycles. The maximum absolute atomic E-state index is 4.69. The first kappa shape index (κ1) is 20.4. The van der Waals surface area contributed by atoms with E-state index in [1.807, 2.05) is 54.6 Å². The lowest BCUT2D eigenvalue weighted by atomic mass is 10.2. The second-order valence-electron chi connectivity index (χ2n) is 6.99. The van der Waals surface area contributed by atoms with Gasteiger partial charge in [0.15, 0.2) is 4.34 Å². The van der Waals surface area contributed by atoms with E-state index in [0.717, 1.165) is 25.7 Å². The van der Waals surface area contributed by atoms with Crippen molar-refractivity contribution in [3.8, 4) is 0 Å². The molecule has 2 heterocycles. The molecule has 0 atom stereocenters. The molecule has 0 unspecified atom stereocenters. The van der Waals surface area contributed by atoms with E-state index in [0.29, 0.717) is 30.1 Å². The molecule has 0 amide bonds. The number of aromatic nitrogens is 4. The summed E-state index contributed by atoms with van der Waals surface area (Å²) in [5, 5.41) is 7.24. The highest BCUT2D eigenvalue weighted by molar-refractivity contribution is 8.01. The van der Waals surface area contributed by atoms with Gasteiger partial charge in [-0.15, -0.1) is 11.3 Å². The molecule has 0 fully saturated rings. The molecular formula is C24H20N6S2. The van der Waals surface area contributed by atoms with Crippen molar-refractivity contribution in [3.05, 3.63) is 96.1 Å². The lowest BCUT2D eigenvalue weighted by molar-refractivity contribution is 0.884. The molecule has 0 bridgehead atoms. The fourth-order valence-corrected chi connectivity index (χ4v) is 5.01. The number of fused-ring (bicyclic) bond motifs is 1. The van der Waals surface area contributed by atoms with E-state index in [9.17, 15) is 0 Å². The molecule has 0 saturated carbocycles. The van der Waals surface area contributed by atoms with Gasteiger partial charge in [-0.25, -0.2) is 4.98 Å². The highest BCUT2D eigenvalue weighted by Crippen LogP contribution is 2.33. The van der Waals surface area contributed by atoms with Crippen LogP contribution in [-0.2, 0) is 13.1 Å². The summed E-state index contributed by atoms with van der Waals surface area (Å²) in [5.41, 5.74) is 3.30. The highest BCUT2D eigenvalue weighted by Gasteiger charge is 2.12. The fraction of sp³-hybridized carbons (Fsp3) is 0.0833. The minimum Gasteiger partial charge on any atom is -0.350 e. The zero-order chi connectivity index (χ0) is 21.6. The summed E-state index contributed by atoms with van der Waals surface area (Å²) in [6.07, 6.45) is 0. The molecule has 32 heavy (non-hydrogen) atoms. The smallest absolute Gasteiger partial charge is 0.228 e. The molecule has 5 aromatic rings. The van der Waals surface area contributed by atoms with Crippen LogP contribution in [-0.4, -0.2) is 19.9 Å². The summed E-state index contributed by atoms with van der Waals surface area (Å²) in [5.74, 6) is 1.06. The van der Waals surface area contributed by atoms with Crippen LogP contribution in [0, 0.1) is 0 Å². The third-order valence-corrected chi connectivity index (χ3v) is 6.62. The van der Waals surface area contributed by atoms with Crippen LogP contribution in [0.2, 0.25) is 0 Å². The van der Waals surface area contributed by atoms with Gasteiger partial charge in [-0.1, -0.05) is 72.8 Å². The molecule has 6 nitrogen and oxygen atoms in total. The number of nitrogens with zero attached hydrogens (tertiary/aromatic N) is 4. The van der Waals surface area contributed by atoms with Gasteiger partial charge >= 0.3 is 0 Å². The van der Waals surface area contributed by atoms with Gasteiger partial charge in [-0.2, -0.15) is 15.0 Å². The van der Waals surface area contributed by atoms with Crippen molar-refractivity contribution in [1.29, 1.82) is 0 Å². The van der Waals surface area contributed by atoms with Crippen LogP contribution in [0.4, 0.5) is 11.9 Å². The minimum atomic E-state index is 0.531. The number of hydrogen-bond donors (Lipinski definition) is 2. The van der Waals surface area contributed by atoms with Gasteiger partial charge in [0.1, 0.15) is 0 Å². The SMILES string of the molecule is c1ccc(CNc2nc(NCc3ccccc3)nc(Sc3nc4ccccc4s3)n2)cc1. The van der Waals surface area contributed by atoms with Crippen molar-refractivity contribution in [2.45, 2.75) is 22.6 Å². The number of para-hydroxylation sites is 1. The maximum atomic E-state index is 4.69. The van der Waals surface area contributed by atoms with Crippen LogP contribution < -0.4 is 10.6 Å². The summed E-state index contributed by atoms with van der Waals surface area (Å²) < 4.78 is 2.05. The molecule has 2 aromatic heterocycles. The quantitative estimate of drug-likeness (QED) is 0.303. The normalized spacial score (nSPS) is 10.9. The molecule has 3 aromatic carbocycles.